The monoisotopic (exact) mass is 1020 g/mol. The van der Waals surface area contributed by atoms with E-state index in [1.165, 1.54) is 97.1 Å². The largest absolute Gasteiger partial charge is 2.00 e. The van der Waals surface area contributed by atoms with Gasteiger partial charge in [0.25, 0.3) is 0 Å². The second-order valence-corrected chi connectivity index (χ2v) is 20.3. The van der Waals surface area contributed by atoms with Gasteiger partial charge in [-0.1, -0.05) is 48.5 Å². The fourth-order valence-electron chi connectivity index (χ4n) is 7.87. The Labute approximate surface area is 393 Å². The third-order valence-electron chi connectivity index (χ3n) is 10.9. The zero-order valence-corrected chi connectivity index (χ0v) is 38.2. The van der Waals surface area contributed by atoms with Crippen LogP contribution < -0.4 is 0 Å². The molecule has 7 aromatic rings. The molecule has 22 heteroatoms. The molecule has 1 radical (unpaired) electrons. The van der Waals surface area contributed by atoms with Gasteiger partial charge in [0.15, 0.2) is 0 Å². The Morgan fingerprint density at radius 2 is 0.627 bits per heavy atom. The van der Waals surface area contributed by atoms with Crippen LogP contribution in [0.25, 0.3) is 90.9 Å². The fourth-order valence-corrected chi connectivity index (χ4v) is 9.75. The van der Waals surface area contributed by atoms with E-state index in [0.29, 0.717) is 89.4 Å². The summed E-state index contributed by atoms with van der Waals surface area (Å²) in [6.45, 7) is 0. The maximum Gasteiger partial charge on any atom is 2.00 e. The molecule has 2 N–H and O–H groups in total. The van der Waals surface area contributed by atoms with Crippen molar-refractivity contribution >= 4 is 86.8 Å². The molecule has 5 heterocycles. The van der Waals surface area contributed by atoms with E-state index >= 15 is 0 Å². The van der Waals surface area contributed by atoms with Crippen molar-refractivity contribution in [2.75, 3.05) is 0 Å². The number of aromatic amines is 1. The van der Waals surface area contributed by atoms with Crippen molar-refractivity contribution in [1.82, 2.24) is 19.5 Å². The van der Waals surface area contributed by atoms with E-state index in [9.17, 15) is 51.9 Å². The summed E-state index contributed by atoms with van der Waals surface area (Å²) < 4.78 is 145. The quantitative estimate of drug-likeness (QED) is 0.121. The minimum atomic E-state index is -4.81. The molecule has 0 saturated carbocycles. The van der Waals surface area contributed by atoms with Crippen LogP contribution in [0.15, 0.2) is 141 Å². The van der Waals surface area contributed by atoms with E-state index in [1.54, 1.807) is 55.6 Å². The summed E-state index contributed by atoms with van der Waals surface area (Å²) in [4.78, 5) is 11.7. The first-order valence-corrected chi connectivity index (χ1v) is 24.7. The number of hydrogen-bond acceptors (Lipinski definition) is 15. The van der Waals surface area contributed by atoms with Gasteiger partial charge in [-0.3, -0.25) is 0 Å². The number of aryl methyl sites for hydroxylation is 1. The van der Waals surface area contributed by atoms with Gasteiger partial charge in [-0.05, 0) is 119 Å². The summed E-state index contributed by atoms with van der Waals surface area (Å²) in [7, 11) is -17.5. The van der Waals surface area contributed by atoms with Crippen molar-refractivity contribution < 1.29 is 74.4 Å². The van der Waals surface area contributed by atoms with Crippen LogP contribution >= 0.6 is 0 Å². The molecule has 0 unspecified atom stereocenters. The Kier molecular flexibility index (Phi) is 12.8. The first kappa shape index (κ1) is 48.5. The molecule has 2 aliphatic rings. The average molecular weight is 1030 g/mol. The van der Waals surface area contributed by atoms with E-state index in [2.05, 4.69) is 4.98 Å². The molecule has 0 saturated heterocycles. The van der Waals surface area contributed by atoms with Crippen LogP contribution in [0.5, 0.6) is 0 Å². The Morgan fingerprint density at radius 3 is 0.881 bits per heavy atom. The van der Waals surface area contributed by atoms with Crippen LogP contribution in [-0.4, -0.2) is 76.9 Å². The zero-order valence-electron chi connectivity index (χ0n) is 34.0. The minimum absolute atomic E-state index is 0. The maximum atomic E-state index is 12.0. The van der Waals surface area contributed by atoms with Gasteiger partial charge in [-0.25, -0.2) is 43.6 Å². The molecule has 0 spiro atoms. The molecular formula is C45H29CuN4O13S4-3. The summed E-state index contributed by atoms with van der Waals surface area (Å²) in [6, 6.07) is 28.1. The van der Waals surface area contributed by atoms with Gasteiger partial charge in [0.05, 0.1) is 53.4 Å². The maximum absolute atomic E-state index is 12.0. The Balaban J connectivity index is 0.00000333. The van der Waals surface area contributed by atoms with Gasteiger partial charge in [-0.15, -0.1) is 0 Å². The van der Waals surface area contributed by atoms with Crippen LogP contribution in [-0.2, 0) is 64.6 Å². The van der Waals surface area contributed by atoms with Crippen molar-refractivity contribution in [2.45, 2.75) is 19.6 Å². The van der Waals surface area contributed by atoms with Gasteiger partial charge < -0.3 is 33.2 Å². The van der Waals surface area contributed by atoms with E-state index in [0.717, 1.165) is 0 Å². The molecule has 345 valence electrons. The first-order chi connectivity index (χ1) is 30.6. The number of H-pyrrole nitrogens is 1. The van der Waals surface area contributed by atoms with Crippen LogP contribution in [0.1, 0.15) is 22.8 Å². The molecule has 0 fully saturated rings. The number of nitrogens with zero attached hydrogens (tertiary/aromatic N) is 3. The number of benzene rings is 4. The van der Waals surface area contributed by atoms with Crippen LogP contribution in [0, 0.1) is 0 Å². The minimum Gasteiger partial charge on any atom is -0.870 e. The van der Waals surface area contributed by atoms with Crippen LogP contribution in [0.3, 0.4) is 0 Å². The number of fused-ring (bicyclic) bond motifs is 8. The van der Waals surface area contributed by atoms with Crippen molar-refractivity contribution in [3.8, 4) is 44.5 Å². The number of rotatable bonds is 8. The molecule has 17 nitrogen and oxygen atoms in total. The summed E-state index contributed by atoms with van der Waals surface area (Å²) in [5.74, 6) is 0. The number of aromatic nitrogens is 4. The summed E-state index contributed by atoms with van der Waals surface area (Å²) in [5, 5.41) is 0. The van der Waals surface area contributed by atoms with Crippen LogP contribution in [0.4, 0.5) is 0 Å². The SMILES string of the molecule is Cn1c2ccc1c(-c1ccc(S(=O)(=O)[O-])cc1)c1nc(c(-c3ccc(S(=O)(=O)[O-])cc3)c3ccc([nH]3)c(-c3ccc(S(=O)(=O)[O-])cc3)c3nc(c2-c2ccc(S(=O)(=O)[O-])cc2)C=C3)C=C1.[Cu+2].[OH-]. The average Bonchev–Trinajstić information content (AvgIpc) is 4.09. The van der Waals surface area contributed by atoms with E-state index in [1.807, 2.05) is 4.57 Å². The first-order valence-electron chi connectivity index (χ1n) is 19.0. The Bertz CT molecular complexity index is 3600. The van der Waals surface area contributed by atoms with Crippen molar-refractivity contribution in [2.24, 2.45) is 7.05 Å². The smallest absolute Gasteiger partial charge is 0.870 e. The molecule has 9 rings (SSSR count). The van der Waals surface area contributed by atoms with E-state index in [-0.39, 0.29) is 22.5 Å². The Hall–Kier alpha value is -6.40. The normalized spacial score (nSPS) is 12.7. The van der Waals surface area contributed by atoms with Crippen LogP contribution in [0.2, 0.25) is 0 Å². The molecule has 8 bridgehead atoms. The molecule has 2 aliphatic heterocycles. The number of nitrogens with one attached hydrogen (secondary N) is 1. The molecule has 4 aromatic carbocycles. The molecule has 0 amide bonds. The fraction of sp³-hybridized carbons (Fsp3) is 0.0222. The van der Waals surface area contributed by atoms with E-state index < -0.39 is 60.1 Å². The van der Waals surface area contributed by atoms with Crippen molar-refractivity contribution in [3.05, 3.63) is 144 Å². The third-order valence-corrected chi connectivity index (χ3v) is 14.3. The second-order valence-electron chi connectivity index (χ2n) is 14.8. The second kappa shape index (κ2) is 17.7. The summed E-state index contributed by atoms with van der Waals surface area (Å²) in [5.41, 5.74) is 7.12. The van der Waals surface area contributed by atoms with Gasteiger partial charge in [0.1, 0.15) is 40.5 Å². The van der Waals surface area contributed by atoms with E-state index in [4.69, 9.17) is 9.97 Å². The predicted molar refractivity (Wildman–Crippen MR) is 239 cm³/mol. The molecule has 0 aliphatic carbocycles. The standard InChI is InChI=1S/C45H32N4O12S4.Cu.H2O/c1-49-40-24-25-41(49)45(29-8-16-33(17-9-29)65(59,60)61)39-23-21-37(48-39)43(27-4-12-31(13-5-27)63(53,54)55)35-19-18-34(46-35)42(26-2-10-30(11-3-26)62(50,51)52)36-20-22-38(47-36)44(40)28-6-14-32(15-7-28)64(56,57)58;;/h2-25,46H,1H3,(H,50,51,52)(H,53,54,55)(H,56,57,58)(H,59,60,61);;1H2/q;+2;/p-5. The molecule has 3 aromatic heterocycles. The molecule has 67 heavy (non-hydrogen) atoms. The van der Waals surface area contributed by atoms with Gasteiger partial charge >= 0.3 is 17.1 Å². The molecular weight excluding hydrogens is 996 g/mol. The topological polar surface area (TPSA) is 305 Å². The predicted octanol–water partition coefficient (Wildman–Crippen LogP) is 6.77. The number of hydrogen-bond donors (Lipinski definition) is 1. The van der Waals surface area contributed by atoms with Gasteiger partial charge in [-0.2, -0.15) is 0 Å². The van der Waals surface area contributed by atoms with Gasteiger partial charge in [0.2, 0.25) is 0 Å². The zero-order chi connectivity index (χ0) is 46.2. The Morgan fingerprint density at radius 1 is 0.388 bits per heavy atom. The van der Waals surface area contributed by atoms with Crippen molar-refractivity contribution in [1.29, 1.82) is 0 Å². The summed E-state index contributed by atoms with van der Waals surface area (Å²) in [6.07, 6.45) is 6.85. The van der Waals surface area contributed by atoms with Gasteiger partial charge in [0, 0.05) is 40.3 Å². The third kappa shape index (κ3) is 9.33. The summed E-state index contributed by atoms with van der Waals surface area (Å²) >= 11 is 0. The molecule has 0 atom stereocenters. The van der Waals surface area contributed by atoms with Crippen molar-refractivity contribution in [3.63, 3.8) is 0 Å².